The van der Waals surface area contributed by atoms with Crippen LogP contribution in [0.2, 0.25) is 0 Å². The molecule has 0 spiro atoms. The van der Waals surface area contributed by atoms with Gasteiger partial charge in [-0.15, -0.1) is 11.3 Å². The van der Waals surface area contributed by atoms with Gasteiger partial charge in [-0.2, -0.15) is 10.1 Å². The molecule has 0 saturated heterocycles. The van der Waals surface area contributed by atoms with Gasteiger partial charge in [0.1, 0.15) is 9.88 Å². The molecule has 176 valence electrons. The zero-order chi connectivity index (χ0) is 24.8. The number of amides is 1. The quantitative estimate of drug-likeness (QED) is 0.461. The van der Waals surface area contributed by atoms with Gasteiger partial charge in [-0.3, -0.25) is 9.59 Å². The molecule has 0 unspecified atom stereocenters. The van der Waals surface area contributed by atoms with Crippen molar-refractivity contribution in [2.75, 3.05) is 5.32 Å². The van der Waals surface area contributed by atoms with E-state index in [1.54, 1.807) is 26.1 Å². The molecular weight excluding hydrogens is 452 g/mol. The normalized spacial score (nSPS) is 11.6. The highest BCUT2D eigenvalue weighted by atomic mass is 32.1. The lowest BCUT2D eigenvalue weighted by Crippen LogP contribution is -2.23. The fraction of sp³-hybridized carbons (Fsp3) is 0.333. The van der Waals surface area contributed by atoms with E-state index >= 15 is 0 Å². The summed E-state index contributed by atoms with van der Waals surface area (Å²) in [6.45, 7) is 11.5. The van der Waals surface area contributed by atoms with Crippen molar-refractivity contribution in [3.63, 3.8) is 0 Å². The summed E-state index contributed by atoms with van der Waals surface area (Å²) in [7, 11) is 1.61. The predicted molar refractivity (Wildman–Crippen MR) is 131 cm³/mol. The third-order valence-corrected chi connectivity index (χ3v) is 6.58. The average Bonchev–Trinajstić information content (AvgIpc) is 3.40. The topological polar surface area (TPSA) is 116 Å². The zero-order valence-electron chi connectivity index (χ0n) is 20.2. The summed E-state index contributed by atoms with van der Waals surface area (Å²) in [5.74, 6) is 0.769. The van der Waals surface area contributed by atoms with Gasteiger partial charge in [0, 0.05) is 23.7 Å². The third kappa shape index (κ3) is 4.41. The lowest BCUT2D eigenvalue weighted by molar-refractivity contribution is 0.103. The molecule has 10 heteroatoms. The highest BCUT2D eigenvalue weighted by Gasteiger charge is 2.23. The fourth-order valence-corrected chi connectivity index (χ4v) is 4.41. The monoisotopic (exact) mass is 478 g/mol. The molecule has 0 saturated carbocycles. The summed E-state index contributed by atoms with van der Waals surface area (Å²) in [5.41, 5.74) is 3.47. The molecule has 1 amide bonds. The molecule has 34 heavy (non-hydrogen) atoms. The van der Waals surface area contributed by atoms with Gasteiger partial charge in [0.15, 0.2) is 0 Å². The standard InChI is InChI=1S/C24H26N6O3S/c1-12-13(2)28-30(7)22(32)17(12)21-25-14(3)18(34-21)20(31)26-16-10-8-15(9-11-16)19-27-23(33-29-19)24(4,5)6/h8-11H,1-7H3,(H,26,31). The van der Waals surface area contributed by atoms with Crippen LogP contribution in [0.4, 0.5) is 5.69 Å². The summed E-state index contributed by atoms with van der Waals surface area (Å²) < 4.78 is 6.65. The van der Waals surface area contributed by atoms with Gasteiger partial charge in [0.05, 0.1) is 17.0 Å². The van der Waals surface area contributed by atoms with Gasteiger partial charge >= 0.3 is 0 Å². The highest BCUT2D eigenvalue weighted by Crippen LogP contribution is 2.30. The third-order valence-electron chi connectivity index (χ3n) is 5.41. The number of benzene rings is 1. The Hall–Kier alpha value is -3.66. The van der Waals surface area contributed by atoms with Crippen LogP contribution in [-0.4, -0.2) is 30.8 Å². The minimum absolute atomic E-state index is 0.234. The second kappa shape index (κ2) is 8.60. The van der Waals surface area contributed by atoms with Gasteiger partial charge in [0.2, 0.25) is 11.7 Å². The van der Waals surface area contributed by atoms with Crippen LogP contribution < -0.4 is 10.9 Å². The maximum Gasteiger partial charge on any atom is 0.277 e. The van der Waals surface area contributed by atoms with Crippen LogP contribution in [-0.2, 0) is 12.5 Å². The lowest BCUT2D eigenvalue weighted by Gasteiger charge is -2.10. The van der Waals surface area contributed by atoms with Crippen molar-refractivity contribution in [1.82, 2.24) is 24.9 Å². The lowest BCUT2D eigenvalue weighted by atomic mass is 9.97. The molecule has 1 N–H and O–H groups in total. The molecule has 4 aromatic rings. The molecule has 4 rings (SSSR count). The van der Waals surface area contributed by atoms with E-state index < -0.39 is 0 Å². The number of nitrogens with zero attached hydrogens (tertiary/aromatic N) is 5. The van der Waals surface area contributed by atoms with Crippen molar-refractivity contribution in [3.05, 3.63) is 62.3 Å². The number of carbonyl (C=O) groups is 1. The highest BCUT2D eigenvalue weighted by molar-refractivity contribution is 7.17. The van der Waals surface area contributed by atoms with Crippen molar-refractivity contribution in [3.8, 4) is 22.0 Å². The Labute approximate surface area is 200 Å². The minimum atomic E-state index is -0.288. The van der Waals surface area contributed by atoms with E-state index in [0.29, 0.717) is 38.5 Å². The number of carbonyl (C=O) groups excluding carboxylic acids is 1. The van der Waals surface area contributed by atoms with Crippen LogP contribution in [0.3, 0.4) is 0 Å². The summed E-state index contributed by atoms with van der Waals surface area (Å²) in [5, 5.41) is 11.7. The smallest absolute Gasteiger partial charge is 0.277 e. The van der Waals surface area contributed by atoms with E-state index in [1.165, 1.54) is 16.0 Å². The molecule has 0 atom stereocenters. The molecule has 3 heterocycles. The molecule has 0 fully saturated rings. The van der Waals surface area contributed by atoms with E-state index in [2.05, 4.69) is 25.5 Å². The summed E-state index contributed by atoms with van der Waals surface area (Å²) in [4.78, 5) is 35.1. The summed E-state index contributed by atoms with van der Waals surface area (Å²) in [6.07, 6.45) is 0. The maximum absolute atomic E-state index is 13.0. The Morgan fingerprint density at radius 2 is 1.74 bits per heavy atom. The van der Waals surface area contributed by atoms with Crippen molar-refractivity contribution >= 4 is 22.9 Å². The van der Waals surface area contributed by atoms with Gasteiger partial charge in [-0.25, -0.2) is 9.67 Å². The molecule has 0 aliphatic carbocycles. The SMILES string of the molecule is Cc1nc(-c2c(C)c(C)nn(C)c2=O)sc1C(=O)Nc1ccc(-c2noc(C(C)(C)C)n2)cc1. The number of aromatic nitrogens is 5. The zero-order valence-corrected chi connectivity index (χ0v) is 21.0. The first-order chi connectivity index (χ1) is 16.0. The maximum atomic E-state index is 13.0. The summed E-state index contributed by atoms with van der Waals surface area (Å²) in [6, 6.07) is 7.21. The molecule has 0 radical (unpaired) electrons. The molecule has 3 aromatic heterocycles. The molecular formula is C24H26N6O3S. The van der Waals surface area contributed by atoms with Gasteiger partial charge in [-0.1, -0.05) is 25.9 Å². The van der Waals surface area contributed by atoms with E-state index in [9.17, 15) is 9.59 Å². The number of anilines is 1. The van der Waals surface area contributed by atoms with E-state index in [-0.39, 0.29) is 16.9 Å². The first-order valence-electron chi connectivity index (χ1n) is 10.7. The average molecular weight is 479 g/mol. The second-order valence-electron chi connectivity index (χ2n) is 9.15. The Bertz CT molecular complexity index is 1440. The van der Waals surface area contributed by atoms with Crippen molar-refractivity contribution in [1.29, 1.82) is 0 Å². The van der Waals surface area contributed by atoms with E-state index in [1.807, 2.05) is 46.8 Å². The Morgan fingerprint density at radius 1 is 1.06 bits per heavy atom. The fourth-order valence-electron chi connectivity index (χ4n) is 3.35. The predicted octanol–water partition coefficient (Wildman–Crippen LogP) is 4.43. The number of hydrogen-bond donors (Lipinski definition) is 1. The van der Waals surface area contributed by atoms with Crippen LogP contribution in [0.1, 0.15) is 53.3 Å². The first-order valence-corrected chi connectivity index (χ1v) is 11.6. The molecule has 0 aliphatic rings. The number of hydrogen-bond acceptors (Lipinski definition) is 8. The Balaban J connectivity index is 1.56. The number of rotatable bonds is 4. The molecule has 0 aliphatic heterocycles. The number of nitrogens with one attached hydrogen (secondary N) is 1. The Morgan fingerprint density at radius 3 is 2.35 bits per heavy atom. The van der Waals surface area contributed by atoms with Crippen LogP contribution in [0.15, 0.2) is 33.6 Å². The second-order valence-corrected chi connectivity index (χ2v) is 10.2. The van der Waals surface area contributed by atoms with Gasteiger partial charge in [0.25, 0.3) is 11.5 Å². The summed E-state index contributed by atoms with van der Waals surface area (Å²) >= 11 is 1.19. The molecule has 9 nitrogen and oxygen atoms in total. The van der Waals surface area contributed by atoms with Crippen molar-refractivity contribution in [2.45, 2.75) is 47.0 Å². The van der Waals surface area contributed by atoms with E-state index in [4.69, 9.17) is 4.52 Å². The van der Waals surface area contributed by atoms with Crippen LogP contribution in [0.25, 0.3) is 22.0 Å². The van der Waals surface area contributed by atoms with Crippen molar-refractivity contribution in [2.24, 2.45) is 7.05 Å². The van der Waals surface area contributed by atoms with Crippen LogP contribution in [0.5, 0.6) is 0 Å². The number of aryl methyl sites for hydroxylation is 3. The van der Waals surface area contributed by atoms with Gasteiger partial charge in [-0.05, 0) is 50.6 Å². The van der Waals surface area contributed by atoms with Gasteiger partial charge < -0.3 is 9.84 Å². The molecule has 0 bridgehead atoms. The van der Waals surface area contributed by atoms with Crippen LogP contribution in [0, 0.1) is 20.8 Å². The number of thiazole rings is 1. The first kappa shape index (κ1) is 23.5. The largest absolute Gasteiger partial charge is 0.338 e. The Kier molecular flexibility index (Phi) is 5.94. The van der Waals surface area contributed by atoms with E-state index in [0.717, 1.165) is 16.8 Å². The molecule has 1 aromatic carbocycles. The minimum Gasteiger partial charge on any atom is -0.338 e. The van der Waals surface area contributed by atoms with Crippen molar-refractivity contribution < 1.29 is 9.32 Å². The van der Waals surface area contributed by atoms with Crippen LogP contribution >= 0.6 is 11.3 Å².